The maximum absolute atomic E-state index is 12.7. The second-order valence-corrected chi connectivity index (χ2v) is 14.6. The number of carbonyl (C=O) groups excluding carboxylic acids is 2. The van der Waals surface area contributed by atoms with E-state index in [1.54, 1.807) is 0 Å². The maximum atomic E-state index is 12.7. The molecule has 6 heteroatoms. The van der Waals surface area contributed by atoms with E-state index in [2.05, 4.69) is 31.3 Å². The second-order valence-electron chi connectivity index (χ2n) is 14.6. The Morgan fingerprint density at radius 3 is 1.33 bits per heavy atom. The third-order valence-corrected chi connectivity index (χ3v) is 9.69. The van der Waals surface area contributed by atoms with Gasteiger partial charge in [-0.25, -0.2) is 0 Å². The van der Waals surface area contributed by atoms with Crippen molar-refractivity contribution in [1.82, 2.24) is 5.32 Å². The number of ether oxygens (including phenoxy) is 1. The number of unbranched alkanes of at least 4 members (excludes halogenated alkanes) is 26. The third-order valence-electron chi connectivity index (χ3n) is 9.69. The molecule has 0 bridgehead atoms. The van der Waals surface area contributed by atoms with Crippen molar-refractivity contribution in [2.45, 2.75) is 238 Å². The molecule has 0 aromatic heterocycles. The van der Waals surface area contributed by atoms with Gasteiger partial charge in [-0.05, 0) is 64.2 Å². The summed E-state index contributed by atoms with van der Waals surface area (Å²) in [6.07, 6.45) is 44.7. The Bertz CT molecular complexity index is 767. The largest absolute Gasteiger partial charge is 0.480 e. The average molecular weight is 692 g/mol. The summed E-state index contributed by atoms with van der Waals surface area (Å²) in [6.45, 7) is 4.23. The van der Waals surface area contributed by atoms with Crippen LogP contribution in [0.4, 0.5) is 0 Å². The van der Waals surface area contributed by atoms with E-state index < -0.39 is 5.97 Å². The molecular formula is C43H81NO5. The van der Waals surface area contributed by atoms with Crippen LogP contribution in [0.3, 0.4) is 0 Å². The highest BCUT2D eigenvalue weighted by Gasteiger charge is 2.14. The highest BCUT2D eigenvalue weighted by atomic mass is 16.5. The Kier molecular flexibility index (Phi) is 37.5. The first-order chi connectivity index (χ1) is 24.0. The lowest BCUT2D eigenvalue weighted by molar-refractivity contribution is -0.150. The van der Waals surface area contributed by atoms with Crippen LogP contribution in [0.25, 0.3) is 0 Å². The van der Waals surface area contributed by atoms with Crippen LogP contribution in [0.2, 0.25) is 0 Å². The predicted molar refractivity (Wildman–Crippen MR) is 208 cm³/mol. The van der Waals surface area contributed by atoms with Crippen molar-refractivity contribution in [3.05, 3.63) is 12.2 Å². The molecule has 0 saturated heterocycles. The van der Waals surface area contributed by atoms with E-state index in [4.69, 9.17) is 9.84 Å². The van der Waals surface area contributed by atoms with Crippen molar-refractivity contribution in [2.24, 2.45) is 0 Å². The van der Waals surface area contributed by atoms with E-state index in [1.807, 2.05) is 0 Å². The molecular weight excluding hydrogens is 610 g/mol. The van der Waals surface area contributed by atoms with E-state index >= 15 is 0 Å². The average Bonchev–Trinajstić information content (AvgIpc) is 3.08. The first-order valence-electron chi connectivity index (χ1n) is 21.3. The van der Waals surface area contributed by atoms with Gasteiger partial charge in [0.15, 0.2) is 0 Å². The fourth-order valence-electron chi connectivity index (χ4n) is 6.51. The summed E-state index contributed by atoms with van der Waals surface area (Å²) in [4.78, 5) is 35.0. The number of amides is 1. The van der Waals surface area contributed by atoms with Crippen LogP contribution in [-0.4, -0.2) is 35.6 Å². The van der Waals surface area contributed by atoms with Crippen LogP contribution in [-0.2, 0) is 19.1 Å². The number of rotatable bonds is 39. The number of hydrogen-bond acceptors (Lipinski definition) is 4. The molecule has 1 atom stereocenters. The van der Waals surface area contributed by atoms with Crippen molar-refractivity contribution >= 4 is 17.8 Å². The summed E-state index contributed by atoms with van der Waals surface area (Å²) < 4.78 is 6.03. The lowest BCUT2D eigenvalue weighted by Gasteiger charge is -2.18. The number of hydrogen-bond donors (Lipinski definition) is 2. The summed E-state index contributed by atoms with van der Waals surface area (Å²) in [6, 6.07) is 0. The van der Waals surface area contributed by atoms with E-state index in [0.29, 0.717) is 12.8 Å². The maximum Gasteiger partial charge on any atom is 0.322 e. The Hall–Kier alpha value is -1.85. The van der Waals surface area contributed by atoms with Crippen molar-refractivity contribution < 1.29 is 24.2 Å². The quantitative estimate of drug-likeness (QED) is 0.0380. The minimum atomic E-state index is -1.01. The van der Waals surface area contributed by atoms with Gasteiger partial charge < -0.3 is 15.2 Å². The zero-order valence-corrected chi connectivity index (χ0v) is 32.6. The summed E-state index contributed by atoms with van der Waals surface area (Å²) in [5, 5.41) is 11.1. The topological polar surface area (TPSA) is 92.7 Å². The van der Waals surface area contributed by atoms with Gasteiger partial charge in [-0.2, -0.15) is 0 Å². The summed E-state index contributed by atoms with van der Waals surface area (Å²) in [7, 11) is 0. The Labute approximate surface area is 303 Å². The molecule has 0 aromatic rings. The lowest BCUT2D eigenvalue weighted by atomic mass is 10.0. The predicted octanol–water partition coefficient (Wildman–Crippen LogP) is 13.0. The lowest BCUT2D eigenvalue weighted by Crippen LogP contribution is -2.28. The Morgan fingerprint density at radius 2 is 0.878 bits per heavy atom. The zero-order chi connectivity index (χ0) is 35.9. The Balaban J connectivity index is 4.16. The van der Waals surface area contributed by atoms with Crippen LogP contribution in [0.15, 0.2) is 12.2 Å². The highest BCUT2D eigenvalue weighted by Crippen LogP contribution is 2.19. The number of carboxylic acid groups (broad SMARTS) is 1. The SMILES string of the molecule is CCCCCC/C=C\CCCCCCCC(=O)OC(CCCCCCCCCCCCCCCC)CCCCCCCC(=O)NCC(=O)O. The highest BCUT2D eigenvalue weighted by molar-refractivity contribution is 5.80. The molecule has 0 aliphatic carbocycles. The number of carboxylic acids is 1. The zero-order valence-electron chi connectivity index (χ0n) is 32.6. The molecule has 1 amide bonds. The molecule has 0 aromatic carbocycles. The summed E-state index contributed by atoms with van der Waals surface area (Å²) >= 11 is 0. The monoisotopic (exact) mass is 692 g/mol. The van der Waals surface area contributed by atoms with Gasteiger partial charge in [0.05, 0.1) is 0 Å². The number of aliphatic carboxylic acids is 1. The molecule has 0 radical (unpaired) electrons. The molecule has 6 nitrogen and oxygen atoms in total. The molecule has 0 rings (SSSR count). The fraction of sp³-hybridized carbons (Fsp3) is 0.884. The van der Waals surface area contributed by atoms with Crippen LogP contribution in [0, 0.1) is 0 Å². The molecule has 0 spiro atoms. The van der Waals surface area contributed by atoms with E-state index in [-0.39, 0.29) is 24.5 Å². The number of nitrogens with one attached hydrogen (secondary N) is 1. The van der Waals surface area contributed by atoms with Gasteiger partial charge in [0.2, 0.25) is 5.91 Å². The molecule has 0 aliphatic heterocycles. The molecule has 1 unspecified atom stereocenters. The third kappa shape index (κ3) is 38.8. The first kappa shape index (κ1) is 47.1. The number of allylic oxidation sites excluding steroid dienone is 2. The molecule has 2 N–H and O–H groups in total. The van der Waals surface area contributed by atoms with E-state index in [1.165, 1.54) is 141 Å². The van der Waals surface area contributed by atoms with Crippen LogP contribution < -0.4 is 5.32 Å². The van der Waals surface area contributed by atoms with Crippen LogP contribution >= 0.6 is 0 Å². The smallest absolute Gasteiger partial charge is 0.322 e. The molecule has 288 valence electrons. The second kappa shape index (κ2) is 38.9. The molecule has 0 aliphatic rings. The Morgan fingerprint density at radius 1 is 0.510 bits per heavy atom. The van der Waals surface area contributed by atoms with Gasteiger partial charge in [-0.15, -0.1) is 0 Å². The fourth-order valence-corrected chi connectivity index (χ4v) is 6.51. The molecule has 0 saturated carbocycles. The van der Waals surface area contributed by atoms with Crippen molar-refractivity contribution in [1.29, 1.82) is 0 Å². The van der Waals surface area contributed by atoms with Gasteiger partial charge in [-0.3, -0.25) is 14.4 Å². The minimum Gasteiger partial charge on any atom is -0.480 e. The summed E-state index contributed by atoms with van der Waals surface area (Å²) in [5.74, 6) is -1.23. The molecule has 0 heterocycles. The van der Waals surface area contributed by atoms with Crippen molar-refractivity contribution in [3.63, 3.8) is 0 Å². The summed E-state index contributed by atoms with van der Waals surface area (Å²) in [5.41, 5.74) is 0. The van der Waals surface area contributed by atoms with Gasteiger partial charge in [0.25, 0.3) is 0 Å². The van der Waals surface area contributed by atoms with Gasteiger partial charge in [0.1, 0.15) is 12.6 Å². The first-order valence-corrected chi connectivity index (χ1v) is 21.3. The van der Waals surface area contributed by atoms with Crippen LogP contribution in [0.1, 0.15) is 232 Å². The van der Waals surface area contributed by atoms with Gasteiger partial charge >= 0.3 is 11.9 Å². The van der Waals surface area contributed by atoms with E-state index in [0.717, 1.165) is 64.2 Å². The molecule has 49 heavy (non-hydrogen) atoms. The minimum absolute atomic E-state index is 0.0197. The number of carbonyl (C=O) groups is 3. The normalized spacial score (nSPS) is 12.0. The van der Waals surface area contributed by atoms with Crippen molar-refractivity contribution in [2.75, 3.05) is 6.54 Å². The van der Waals surface area contributed by atoms with Crippen LogP contribution in [0.5, 0.6) is 0 Å². The number of esters is 1. The van der Waals surface area contributed by atoms with E-state index in [9.17, 15) is 14.4 Å². The molecule has 0 fully saturated rings. The van der Waals surface area contributed by atoms with Gasteiger partial charge in [0, 0.05) is 12.8 Å². The van der Waals surface area contributed by atoms with Crippen molar-refractivity contribution in [3.8, 4) is 0 Å². The standard InChI is InChI=1S/C43H81NO5/c1-3-5-7-9-11-13-15-17-19-20-22-24-27-31-35-40(36-32-28-26-29-33-37-41(45)44-39-42(46)47)49-43(48)38-34-30-25-23-21-18-16-14-12-10-8-6-4-2/h14,16,40H,3-13,15,17-39H2,1-2H3,(H,44,45)(H,46,47)/b16-14-. The van der Waals surface area contributed by atoms with Gasteiger partial charge in [-0.1, -0.05) is 167 Å².